The molecule has 2 aromatic rings. The topological polar surface area (TPSA) is 140 Å². The summed E-state index contributed by atoms with van der Waals surface area (Å²) in [6, 6.07) is 9.52. The lowest BCUT2D eigenvalue weighted by atomic mass is 10.2. The second-order valence-electron chi connectivity index (χ2n) is 6.64. The van der Waals surface area contributed by atoms with Crippen molar-refractivity contribution < 1.29 is 41.1 Å². The Balaban J connectivity index is 1.54. The summed E-state index contributed by atoms with van der Waals surface area (Å²) in [4.78, 5) is 40.1. The maximum Gasteiger partial charge on any atom is 0.387 e. The van der Waals surface area contributed by atoms with E-state index in [0.29, 0.717) is 5.56 Å². The summed E-state index contributed by atoms with van der Waals surface area (Å²) in [6.45, 7) is -2.47. The summed E-state index contributed by atoms with van der Waals surface area (Å²) in [7, 11) is -3.78. The number of amidine groups is 1. The Hall–Kier alpha value is -3.87. The summed E-state index contributed by atoms with van der Waals surface area (Å²) >= 11 is 0. The molecular weight excluding hydrogens is 464 g/mol. The van der Waals surface area contributed by atoms with Crippen molar-refractivity contribution in [3.05, 3.63) is 59.7 Å². The van der Waals surface area contributed by atoms with Gasteiger partial charge in [-0.3, -0.25) is 24.6 Å². The standard InChI is InChI=1S/C20H17F2N3O7S/c1-11(23-17-14-4-2-3-5-15(14)33(29,30)25-17)19(28)31-10-16(26)24-18(27)12-6-8-13(9-7-12)32-20(21)22/h2-9,11,20H,10H2,1H3,(H,23,25)(H,24,26,27)/t11-/m0/s1. The van der Waals surface area contributed by atoms with Gasteiger partial charge in [0.1, 0.15) is 17.6 Å². The summed E-state index contributed by atoms with van der Waals surface area (Å²) in [6.07, 6.45) is 0. The van der Waals surface area contributed by atoms with E-state index < -0.39 is 47.1 Å². The molecule has 2 amide bonds. The number of alkyl halides is 2. The first-order chi connectivity index (χ1) is 15.6. The number of carbonyl (C=O) groups is 3. The number of halogens is 2. The van der Waals surface area contributed by atoms with Crippen LogP contribution in [0.25, 0.3) is 0 Å². The van der Waals surface area contributed by atoms with E-state index in [1.165, 1.54) is 31.2 Å². The fourth-order valence-corrected chi connectivity index (χ4v) is 4.00. The molecule has 1 atom stereocenters. The fraction of sp³-hybridized carbons (Fsp3) is 0.200. The van der Waals surface area contributed by atoms with Crippen molar-refractivity contribution in [2.24, 2.45) is 4.99 Å². The number of amides is 2. The molecule has 2 N–H and O–H groups in total. The molecule has 0 saturated carbocycles. The van der Waals surface area contributed by atoms with Crippen LogP contribution in [0.5, 0.6) is 5.75 Å². The summed E-state index contributed by atoms with van der Waals surface area (Å²) in [5.74, 6) is -2.90. The number of hydrogen-bond donors (Lipinski definition) is 2. The highest BCUT2D eigenvalue weighted by molar-refractivity contribution is 7.90. The van der Waals surface area contributed by atoms with Crippen molar-refractivity contribution in [1.82, 2.24) is 10.0 Å². The smallest absolute Gasteiger partial charge is 0.387 e. The number of benzene rings is 2. The Kier molecular flexibility index (Phi) is 7.01. The first-order valence-electron chi connectivity index (χ1n) is 9.32. The number of rotatable bonds is 7. The van der Waals surface area contributed by atoms with Crippen LogP contribution in [0.3, 0.4) is 0 Å². The van der Waals surface area contributed by atoms with Gasteiger partial charge < -0.3 is 9.47 Å². The molecule has 0 fully saturated rings. The number of nitrogens with one attached hydrogen (secondary N) is 2. The van der Waals surface area contributed by atoms with Gasteiger partial charge in [-0.05, 0) is 43.3 Å². The zero-order valence-electron chi connectivity index (χ0n) is 16.9. The molecule has 2 aromatic carbocycles. The lowest BCUT2D eigenvalue weighted by Gasteiger charge is -2.09. The maximum atomic E-state index is 12.1. The van der Waals surface area contributed by atoms with Gasteiger partial charge in [0.25, 0.3) is 21.8 Å². The average Bonchev–Trinajstić information content (AvgIpc) is 3.02. The van der Waals surface area contributed by atoms with E-state index in [2.05, 4.69) is 14.5 Å². The highest BCUT2D eigenvalue weighted by Gasteiger charge is 2.31. The number of sulfonamides is 1. The molecule has 1 aliphatic heterocycles. The third-order valence-electron chi connectivity index (χ3n) is 4.27. The number of esters is 1. The van der Waals surface area contributed by atoms with Gasteiger partial charge in [-0.2, -0.15) is 8.78 Å². The molecule has 0 bridgehead atoms. The minimum absolute atomic E-state index is 0.0109. The quantitative estimate of drug-likeness (QED) is 0.567. The van der Waals surface area contributed by atoms with Crippen molar-refractivity contribution in [2.45, 2.75) is 24.5 Å². The van der Waals surface area contributed by atoms with Crippen LogP contribution in [0, 0.1) is 0 Å². The van der Waals surface area contributed by atoms with Gasteiger partial charge in [-0.25, -0.2) is 13.2 Å². The molecule has 33 heavy (non-hydrogen) atoms. The van der Waals surface area contributed by atoms with Crippen molar-refractivity contribution in [1.29, 1.82) is 0 Å². The average molecular weight is 481 g/mol. The Bertz CT molecular complexity index is 1210. The second-order valence-corrected chi connectivity index (χ2v) is 8.29. The number of nitrogens with zero attached hydrogens (tertiary/aromatic N) is 1. The first kappa shape index (κ1) is 23.8. The summed E-state index contributed by atoms with van der Waals surface area (Å²) < 4.78 is 59.7. The molecule has 0 saturated heterocycles. The van der Waals surface area contributed by atoms with Crippen LogP contribution in [-0.2, 0) is 24.3 Å². The first-order valence-corrected chi connectivity index (χ1v) is 10.8. The Morgan fingerprint density at radius 2 is 1.76 bits per heavy atom. The molecule has 0 unspecified atom stereocenters. The second kappa shape index (κ2) is 9.73. The predicted molar refractivity (Wildman–Crippen MR) is 109 cm³/mol. The molecule has 10 nitrogen and oxygen atoms in total. The Labute approximate surface area is 186 Å². The molecule has 1 heterocycles. The molecule has 174 valence electrons. The lowest BCUT2D eigenvalue weighted by Crippen LogP contribution is -2.35. The minimum Gasteiger partial charge on any atom is -0.454 e. The monoisotopic (exact) mass is 481 g/mol. The summed E-state index contributed by atoms with van der Waals surface area (Å²) in [5, 5.41) is 1.98. The largest absolute Gasteiger partial charge is 0.454 e. The van der Waals surface area contributed by atoms with Gasteiger partial charge in [0.05, 0.1) is 4.90 Å². The molecule has 0 aromatic heterocycles. The number of fused-ring (bicyclic) bond motifs is 1. The van der Waals surface area contributed by atoms with E-state index >= 15 is 0 Å². The highest BCUT2D eigenvalue weighted by Crippen LogP contribution is 2.22. The Morgan fingerprint density at radius 1 is 1.09 bits per heavy atom. The highest BCUT2D eigenvalue weighted by atomic mass is 32.2. The predicted octanol–water partition coefficient (Wildman–Crippen LogP) is 1.21. The van der Waals surface area contributed by atoms with Gasteiger partial charge in [0.2, 0.25) is 0 Å². The van der Waals surface area contributed by atoms with Crippen LogP contribution in [0.15, 0.2) is 58.4 Å². The van der Waals surface area contributed by atoms with Crippen LogP contribution in [0.4, 0.5) is 8.78 Å². The van der Waals surface area contributed by atoms with Crippen molar-refractivity contribution in [3.8, 4) is 5.75 Å². The lowest BCUT2D eigenvalue weighted by molar-refractivity contribution is -0.149. The normalized spacial score (nSPS) is 15.9. The van der Waals surface area contributed by atoms with Gasteiger partial charge >= 0.3 is 12.6 Å². The summed E-state index contributed by atoms with van der Waals surface area (Å²) in [5.41, 5.74) is 0.286. The van der Waals surface area contributed by atoms with Gasteiger partial charge in [0.15, 0.2) is 6.61 Å². The maximum absolute atomic E-state index is 12.1. The van der Waals surface area contributed by atoms with Gasteiger partial charge in [-0.1, -0.05) is 12.1 Å². The van der Waals surface area contributed by atoms with E-state index in [1.807, 2.05) is 5.32 Å². The Morgan fingerprint density at radius 3 is 2.42 bits per heavy atom. The van der Waals surface area contributed by atoms with Gasteiger partial charge in [-0.15, -0.1) is 0 Å². The zero-order valence-corrected chi connectivity index (χ0v) is 17.8. The van der Waals surface area contributed by atoms with E-state index in [9.17, 15) is 31.6 Å². The van der Waals surface area contributed by atoms with E-state index in [1.54, 1.807) is 12.1 Å². The van der Waals surface area contributed by atoms with Crippen LogP contribution >= 0.6 is 0 Å². The van der Waals surface area contributed by atoms with Crippen LogP contribution < -0.4 is 14.8 Å². The third kappa shape index (κ3) is 5.88. The molecule has 3 rings (SSSR count). The number of hydrogen-bond acceptors (Lipinski definition) is 8. The number of imide groups is 1. The van der Waals surface area contributed by atoms with Crippen molar-refractivity contribution in [2.75, 3.05) is 6.61 Å². The van der Waals surface area contributed by atoms with E-state index in [-0.39, 0.29) is 22.0 Å². The van der Waals surface area contributed by atoms with Gasteiger partial charge in [0, 0.05) is 11.1 Å². The molecule has 0 radical (unpaired) electrons. The van der Waals surface area contributed by atoms with Crippen LogP contribution in [0.1, 0.15) is 22.8 Å². The number of carbonyl (C=O) groups excluding carboxylic acids is 3. The molecule has 13 heteroatoms. The van der Waals surface area contributed by atoms with Crippen LogP contribution in [-0.4, -0.2) is 51.3 Å². The zero-order chi connectivity index (χ0) is 24.2. The third-order valence-corrected chi connectivity index (χ3v) is 5.66. The number of ether oxygens (including phenoxy) is 2. The minimum atomic E-state index is -3.78. The van der Waals surface area contributed by atoms with E-state index in [0.717, 1.165) is 12.1 Å². The number of aliphatic imine (C=N–C) groups is 1. The van der Waals surface area contributed by atoms with Crippen molar-refractivity contribution in [3.63, 3.8) is 0 Å². The van der Waals surface area contributed by atoms with Crippen LogP contribution in [0.2, 0.25) is 0 Å². The fourth-order valence-electron chi connectivity index (χ4n) is 2.76. The molecule has 0 spiro atoms. The molecular formula is C20H17F2N3O7S. The molecule has 1 aliphatic rings. The SMILES string of the molecule is C[C@H](N=C1NS(=O)(=O)c2ccccc21)C(=O)OCC(=O)NC(=O)c1ccc(OC(F)F)cc1. The van der Waals surface area contributed by atoms with Crippen molar-refractivity contribution >= 4 is 33.6 Å². The molecule has 0 aliphatic carbocycles. The van der Waals surface area contributed by atoms with E-state index in [4.69, 9.17) is 4.74 Å².